The van der Waals surface area contributed by atoms with Crippen molar-refractivity contribution in [3.05, 3.63) is 64.3 Å². The van der Waals surface area contributed by atoms with Crippen LogP contribution in [0.25, 0.3) is 0 Å². The molecule has 2 amide bonds. The van der Waals surface area contributed by atoms with Crippen molar-refractivity contribution in [2.45, 2.75) is 26.1 Å². The minimum Gasteiger partial charge on any atom is -0.481 e. The lowest BCUT2D eigenvalue weighted by atomic mass is 10.1. The van der Waals surface area contributed by atoms with Gasteiger partial charge in [-0.1, -0.05) is 11.6 Å². The molecule has 13 heteroatoms. The molecule has 0 saturated carbocycles. The maximum atomic E-state index is 13.5. The summed E-state index contributed by atoms with van der Waals surface area (Å²) in [7, 11) is 1.42. The van der Waals surface area contributed by atoms with Gasteiger partial charge in [-0.15, -0.1) is 0 Å². The summed E-state index contributed by atoms with van der Waals surface area (Å²) in [5, 5.41) is 8.20. The van der Waals surface area contributed by atoms with E-state index in [0.717, 1.165) is 11.0 Å². The predicted molar refractivity (Wildman–Crippen MR) is 121 cm³/mol. The third-order valence-electron chi connectivity index (χ3n) is 4.90. The van der Waals surface area contributed by atoms with Crippen molar-refractivity contribution in [1.82, 2.24) is 15.2 Å². The Balaban J connectivity index is 1.96. The van der Waals surface area contributed by atoms with Crippen LogP contribution in [-0.2, 0) is 23.9 Å². The second-order valence-electron chi connectivity index (χ2n) is 7.18. The molecule has 0 bridgehead atoms. The summed E-state index contributed by atoms with van der Waals surface area (Å²) >= 11 is 5.79. The Morgan fingerprint density at radius 1 is 1.26 bits per heavy atom. The standard InChI is InChI=1S/C22H22ClF4N5O3/c1-3-35-9-8-15-18(30-31-20(15)22(25,26)27)12-32(14-5-7-19(34-2)28-11-14)21(33)29-13-4-6-17(24)16(23)10-13/h4-7,10-11H,3,8-9,12H2,1-2H3,(H,29,33)(H,30,31). The van der Waals surface area contributed by atoms with Crippen LogP contribution in [-0.4, -0.2) is 41.5 Å². The highest BCUT2D eigenvalue weighted by Crippen LogP contribution is 2.33. The number of rotatable bonds is 9. The van der Waals surface area contributed by atoms with E-state index in [2.05, 4.69) is 20.5 Å². The molecule has 0 spiro atoms. The average Bonchev–Trinajstić information content (AvgIpc) is 3.23. The molecule has 0 fully saturated rings. The molecule has 0 saturated heterocycles. The van der Waals surface area contributed by atoms with Gasteiger partial charge in [-0.25, -0.2) is 14.2 Å². The van der Waals surface area contributed by atoms with E-state index in [-0.39, 0.29) is 53.1 Å². The number of methoxy groups -OCH3 is 1. The molecule has 2 N–H and O–H groups in total. The summed E-state index contributed by atoms with van der Waals surface area (Å²) in [5.74, 6) is -0.394. The zero-order valence-electron chi connectivity index (χ0n) is 18.7. The normalized spacial score (nSPS) is 11.4. The Morgan fingerprint density at radius 3 is 2.63 bits per heavy atom. The van der Waals surface area contributed by atoms with Crippen LogP contribution in [0.4, 0.5) is 33.7 Å². The van der Waals surface area contributed by atoms with Gasteiger partial charge in [0.05, 0.1) is 42.9 Å². The van der Waals surface area contributed by atoms with Crippen molar-refractivity contribution < 1.29 is 31.8 Å². The number of aromatic amines is 1. The van der Waals surface area contributed by atoms with Crippen molar-refractivity contribution in [2.24, 2.45) is 0 Å². The van der Waals surface area contributed by atoms with Crippen molar-refractivity contribution in [1.29, 1.82) is 0 Å². The zero-order valence-corrected chi connectivity index (χ0v) is 19.5. The van der Waals surface area contributed by atoms with Crippen molar-refractivity contribution in [3.8, 4) is 5.88 Å². The van der Waals surface area contributed by atoms with Crippen LogP contribution in [0.2, 0.25) is 5.02 Å². The SMILES string of the molecule is CCOCCc1c(C(F)(F)F)n[nH]c1CN(C(=O)Nc1ccc(F)c(Cl)c1)c1ccc(OC)nc1. The molecule has 2 aromatic heterocycles. The number of benzene rings is 1. The number of pyridine rings is 1. The highest BCUT2D eigenvalue weighted by Gasteiger charge is 2.38. The fourth-order valence-electron chi connectivity index (χ4n) is 3.21. The second-order valence-corrected chi connectivity index (χ2v) is 7.59. The summed E-state index contributed by atoms with van der Waals surface area (Å²) in [6, 6.07) is 5.88. The maximum Gasteiger partial charge on any atom is 0.435 e. The van der Waals surface area contributed by atoms with Gasteiger partial charge in [0.1, 0.15) is 5.82 Å². The molecule has 35 heavy (non-hydrogen) atoms. The van der Waals surface area contributed by atoms with Crippen LogP contribution in [0.5, 0.6) is 5.88 Å². The first-order valence-electron chi connectivity index (χ1n) is 10.4. The van der Waals surface area contributed by atoms with E-state index in [1.807, 2.05) is 0 Å². The summed E-state index contributed by atoms with van der Waals surface area (Å²) < 4.78 is 64.4. The number of H-pyrrole nitrogens is 1. The third-order valence-corrected chi connectivity index (χ3v) is 5.19. The number of hydrogen-bond acceptors (Lipinski definition) is 5. The number of anilines is 2. The van der Waals surface area contributed by atoms with Gasteiger partial charge in [-0.3, -0.25) is 10.00 Å². The summed E-state index contributed by atoms with van der Waals surface area (Å²) in [5.41, 5.74) is -0.679. The Kier molecular flexibility index (Phi) is 8.52. The van der Waals surface area contributed by atoms with E-state index in [1.54, 1.807) is 6.92 Å². The molecule has 0 aliphatic carbocycles. The number of nitrogens with zero attached hydrogens (tertiary/aromatic N) is 3. The highest BCUT2D eigenvalue weighted by atomic mass is 35.5. The molecule has 2 heterocycles. The molecule has 8 nitrogen and oxygen atoms in total. The van der Waals surface area contributed by atoms with E-state index in [1.165, 1.54) is 37.6 Å². The molecular formula is C22H22ClF4N5O3. The molecule has 188 valence electrons. The molecule has 0 atom stereocenters. The van der Waals surface area contributed by atoms with E-state index < -0.39 is 23.7 Å². The largest absolute Gasteiger partial charge is 0.481 e. The average molecular weight is 516 g/mol. The van der Waals surface area contributed by atoms with Crippen molar-refractivity contribution in [3.63, 3.8) is 0 Å². The van der Waals surface area contributed by atoms with Crippen LogP contribution in [0.1, 0.15) is 23.9 Å². The van der Waals surface area contributed by atoms with Gasteiger partial charge in [-0.05, 0) is 37.6 Å². The number of amides is 2. The Hall–Kier alpha value is -3.38. The maximum absolute atomic E-state index is 13.5. The fourth-order valence-corrected chi connectivity index (χ4v) is 3.39. The van der Waals surface area contributed by atoms with Gasteiger partial charge in [0.2, 0.25) is 5.88 Å². The number of ether oxygens (including phenoxy) is 2. The smallest absolute Gasteiger partial charge is 0.435 e. The lowest BCUT2D eigenvalue weighted by Crippen LogP contribution is -2.35. The van der Waals surface area contributed by atoms with Gasteiger partial charge < -0.3 is 14.8 Å². The van der Waals surface area contributed by atoms with Gasteiger partial charge in [-0.2, -0.15) is 18.3 Å². The number of urea groups is 1. The van der Waals surface area contributed by atoms with Crippen LogP contribution in [0.3, 0.4) is 0 Å². The Morgan fingerprint density at radius 2 is 2.03 bits per heavy atom. The molecule has 0 aliphatic rings. The number of hydrogen-bond donors (Lipinski definition) is 2. The molecule has 0 radical (unpaired) electrons. The van der Waals surface area contributed by atoms with Crippen molar-refractivity contribution in [2.75, 3.05) is 30.5 Å². The first-order valence-corrected chi connectivity index (χ1v) is 10.8. The van der Waals surface area contributed by atoms with E-state index in [0.29, 0.717) is 6.61 Å². The van der Waals surface area contributed by atoms with Gasteiger partial charge in [0.25, 0.3) is 0 Å². The Bertz CT molecular complexity index is 1150. The number of halogens is 5. The minimum atomic E-state index is -4.70. The lowest BCUT2D eigenvalue weighted by molar-refractivity contribution is -0.141. The van der Waals surface area contributed by atoms with Crippen LogP contribution >= 0.6 is 11.6 Å². The molecular weight excluding hydrogens is 494 g/mol. The molecule has 0 unspecified atom stereocenters. The second kappa shape index (κ2) is 11.4. The van der Waals surface area contributed by atoms with E-state index in [4.69, 9.17) is 21.1 Å². The molecule has 1 aromatic carbocycles. The zero-order chi connectivity index (χ0) is 25.6. The quantitative estimate of drug-likeness (QED) is 0.292. The van der Waals surface area contributed by atoms with Crippen molar-refractivity contribution >= 4 is 29.0 Å². The van der Waals surface area contributed by atoms with Gasteiger partial charge >= 0.3 is 12.2 Å². The monoisotopic (exact) mass is 515 g/mol. The number of carbonyl (C=O) groups is 1. The fraction of sp³-hybridized carbons (Fsp3) is 0.318. The third kappa shape index (κ3) is 6.61. The topological polar surface area (TPSA) is 92.4 Å². The minimum absolute atomic E-state index is 0.0382. The molecule has 3 rings (SSSR count). The van der Waals surface area contributed by atoms with Crippen LogP contribution in [0, 0.1) is 5.82 Å². The van der Waals surface area contributed by atoms with Gasteiger partial charge in [0.15, 0.2) is 5.69 Å². The molecule has 3 aromatic rings. The van der Waals surface area contributed by atoms with E-state index in [9.17, 15) is 22.4 Å². The van der Waals surface area contributed by atoms with E-state index >= 15 is 0 Å². The molecule has 0 aliphatic heterocycles. The van der Waals surface area contributed by atoms with Crippen LogP contribution in [0.15, 0.2) is 36.5 Å². The summed E-state index contributed by atoms with van der Waals surface area (Å²) in [4.78, 5) is 18.4. The number of nitrogens with one attached hydrogen (secondary N) is 2. The lowest BCUT2D eigenvalue weighted by Gasteiger charge is -2.23. The summed E-state index contributed by atoms with van der Waals surface area (Å²) in [6.07, 6.45) is -3.44. The number of alkyl halides is 3. The first-order chi connectivity index (χ1) is 16.6. The first kappa shape index (κ1) is 26.2. The van der Waals surface area contributed by atoms with Crippen LogP contribution < -0.4 is 15.0 Å². The highest BCUT2D eigenvalue weighted by molar-refractivity contribution is 6.31. The number of carbonyl (C=O) groups excluding carboxylic acids is 1. The Labute approximate surface area is 203 Å². The predicted octanol–water partition coefficient (Wildman–Crippen LogP) is 5.44. The summed E-state index contributed by atoms with van der Waals surface area (Å²) in [6.45, 7) is 1.79. The number of aromatic nitrogens is 3. The van der Waals surface area contributed by atoms with Gasteiger partial charge in [0, 0.05) is 23.9 Å².